The molecule has 0 unspecified atom stereocenters. The summed E-state index contributed by atoms with van der Waals surface area (Å²) < 4.78 is 5.30. The van der Waals surface area contributed by atoms with Crippen LogP contribution < -0.4 is 15.0 Å². The molecule has 0 aliphatic heterocycles. The van der Waals surface area contributed by atoms with Crippen molar-refractivity contribution in [2.45, 2.75) is 13.1 Å². The monoisotopic (exact) mass is 278 g/mol. The van der Waals surface area contributed by atoms with Crippen LogP contribution in [-0.2, 0) is 13.1 Å². The van der Waals surface area contributed by atoms with Crippen molar-refractivity contribution >= 4 is 16.5 Å². The van der Waals surface area contributed by atoms with E-state index in [1.165, 1.54) is 5.56 Å². The molecule has 0 aliphatic carbocycles. The van der Waals surface area contributed by atoms with Crippen LogP contribution in [0, 0.1) is 0 Å². The van der Waals surface area contributed by atoms with Gasteiger partial charge in [0.2, 0.25) is 5.88 Å². The van der Waals surface area contributed by atoms with Crippen molar-refractivity contribution in [1.82, 2.24) is 15.3 Å². The van der Waals surface area contributed by atoms with Crippen molar-refractivity contribution in [3.05, 3.63) is 35.0 Å². The second-order valence-electron chi connectivity index (χ2n) is 4.28. The lowest BCUT2D eigenvalue weighted by Gasteiger charge is -2.05. The van der Waals surface area contributed by atoms with Gasteiger partial charge in [-0.3, -0.25) is 4.98 Å². The number of nitrogens with one attached hydrogen (secondary N) is 1. The lowest BCUT2D eigenvalue weighted by Crippen LogP contribution is -2.12. The van der Waals surface area contributed by atoms with E-state index in [1.807, 2.05) is 31.1 Å². The lowest BCUT2D eigenvalue weighted by molar-refractivity contribution is 0.394. The standard InChI is InChI=1S/C13H18N4OS/c1-17(2)13-16-12(18-3)11(19-13)9-15-8-10-4-6-14-7-5-10/h4-7,15H,8-9H2,1-3H3. The number of ether oxygens (including phenoxy) is 1. The van der Waals surface area contributed by atoms with Gasteiger partial charge in [0.1, 0.15) is 0 Å². The van der Waals surface area contributed by atoms with Gasteiger partial charge in [0, 0.05) is 39.6 Å². The maximum Gasteiger partial charge on any atom is 0.230 e. The minimum atomic E-state index is 0.705. The Kier molecular flexibility index (Phi) is 4.70. The average molecular weight is 278 g/mol. The minimum Gasteiger partial charge on any atom is -0.480 e. The van der Waals surface area contributed by atoms with E-state index in [-0.39, 0.29) is 0 Å². The number of hydrogen-bond acceptors (Lipinski definition) is 6. The molecule has 0 radical (unpaired) electrons. The van der Waals surface area contributed by atoms with Crippen LogP contribution in [0.15, 0.2) is 24.5 Å². The highest BCUT2D eigenvalue weighted by atomic mass is 32.1. The van der Waals surface area contributed by atoms with E-state index in [0.717, 1.165) is 23.1 Å². The van der Waals surface area contributed by atoms with Crippen molar-refractivity contribution in [3.8, 4) is 5.88 Å². The second kappa shape index (κ2) is 6.49. The van der Waals surface area contributed by atoms with E-state index in [4.69, 9.17) is 4.74 Å². The number of thiazole rings is 1. The van der Waals surface area contributed by atoms with Crippen LogP contribution in [0.5, 0.6) is 5.88 Å². The summed E-state index contributed by atoms with van der Waals surface area (Å²) >= 11 is 1.64. The Morgan fingerprint density at radius 3 is 2.63 bits per heavy atom. The summed E-state index contributed by atoms with van der Waals surface area (Å²) in [4.78, 5) is 11.5. The highest BCUT2D eigenvalue weighted by Gasteiger charge is 2.12. The Bertz CT molecular complexity index is 513. The summed E-state index contributed by atoms with van der Waals surface area (Å²) in [6.45, 7) is 1.55. The zero-order valence-corrected chi connectivity index (χ0v) is 12.2. The SMILES string of the molecule is COc1nc(N(C)C)sc1CNCc1ccncc1. The molecule has 0 saturated carbocycles. The topological polar surface area (TPSA) is 50.3 Å². The van der Waals surface area contributed by atoms with Crippen LogP contribution in [0.25, 0.3) is 0 Å². The first kappa shape index (κ1) is 13.8. The number of anilines is 1. The van der Waals surface area contributed by atoms with Crippen molar-refractivity contribution in [3.63, 3.8) is 0 Å². The van der Waals surface area contributed by atoms with Gasteiger partial charge in [0.15, 0.2) is 5.13 Å². The molecule has 0 aliphatic rings. The molecule has 2 aromatic heterocycles. The second-order valence-corrected chi connectivity index (χ2v) is 5.34. The number of aromatic nitrogens is 2. The summed E-state index contributed by atoms with van der Waals surface area (Å²) in [6, 6.07) is 4.00. The lowest BCUT2D eigenvalue weighted by atomic mass is 10.3. The van der Waals surface area contributed by atoms with Crippen LogP contribution in [-0.4, -0.2) is 31.2 Å². The molecule has 0 aromatic carbocycles. The largest absolute Gasteiger partial charge is 0.480 e. The molecule has 2 rings (SSSR count). The molecular weight excluding hydrogens is 260 g/mol. The predicted molar refractivity (Wildman–Crippen MR) is 77.8 cm³/mol. The first-order chi connectivity index (χ1) is 9.20. The molecule has 0 fully saturated rings. The van der Waals surface area contributed by atoms with Gasteiger partial charge < -0.3 is 15.0 Å². The fraction of sp³-hybridized carbons (Fsp3) is 0.385. The van der Waals surface area contributed by atoms with Crippen molar-refractivity contribution in [2.24, 2.45) is 0 Å². The molecule has 0 atom stereocenters. The number of pyridine rings is 1. The van der Waals surface area contributed by atoms with Gasteiger partial charge in [-0.05, 0) is 17.7 Å². The molecule has 0 bridgehead atoms. The van der Waals surface area contributed by atoms with E-state index in [9.17, 15) is 0 Å². The number of nitrogens with zero attached hydrogens (tertiary/aromatic N) is 3. The third kappa shape index (κ3) is 3.65. The summed E-state index contributed by atoms with van der Waals surface area (Å²) in [5.41, 5.74) is 1.21. The van der Waals surface area contributed by atoms with Gasteiger partial charge >= 0.3 is 0 Å². The van der Waals surface area contributed by atoms with E-state index in [0.29, 0.717) is 5.88 Å². The third-order valence-electron chi connectivity index (χ3n) is 2.59. The molecule has 102 valence electrons. The third-order valence-corrected chi connectivity index (χ3v) is 3.79. The Balaban J connectivity index is 1.95. The maximum absolute atomic E-state index is 5.30. The molecule has 0 spiro atoms. The van der Waals surface area contributed by atoms with Gasteiger partial charge in [-0.25, -0.2) is 0 Å². The molecule has 2 heterocycles. The number of rotatable bonds is 6. The predicted octanol–water partition coefficient (Wildman–Crippen LogP) is 1.90. The van der Waals surface area contributed by atoms with E-state index >= 15 is 0 Å². The molecule has 19 heavy (non-hydrogen) atoms. The number of methoxy groups -OCH3 is 1. The Hall–Kier alpha value is -1.66. The molecule has 0 amide bonds. The summed E-state index contributed by atoms with van der Waals surface area (Å²) in [6.07, 6.45) is 3.60. The van der Waals surface area contributed by atoms with Crippen LogP contribution in [0.2, 0.25) is 0 Å². The molecule has 5 nitrogen and oxygen atoms in total. The normalized spacial score (nSPS) is 10.5. The van der Waals surface area contributed by atoms with E-state index in [1.54, 1.807) is 30.8 Å². The first-order valence-electron chi connectivity index (χ1n) is 6.01. The highest BCUT2D eigenvalue weighted by molar-refractivity contribution is 7.15. The fourth-order valence-corrected chi connectivity index (χ4v) is 2.53. The minimum absolute atomic E-state index is 0.705. The molecule has 0 saturated heterocycles. The van der Waals surface area contributed by atoms with Gasteiger partial charge in [-0.2, -0.15) is 4.98 Å². The average Bonchev–Trinajstić information content (AvgIpc) is 2.83. The Morgan fingerprint density at radius 2 is 2.00 bits per heavy atom. The first-order valence-corrected chi connectivity index (χ1v) is 6.83. The van der Waals surface area contributed by atoms with Crippen molar-refractivity contribution in [2.75, 3.05) is 26.1 Å². The smallest absolute Gasteiger partial charge is 0.230 e. The fourth-order valence-electron chi connectivity index (χ4n) is 1.61. The van der Waals surface area contributed by atoms with Gasteiger partial charge in [-0.15, -0.1) is 0 Å². The van der Waals surface area contributed by atoms with Gasteiger partial charge in [-0.1, -0.05) is 11.3 Å². The highest BCUT2D eigenvalue weighted by Crippen LogP contribution is 2.30. The van der Waals surface area contributed by atoms with Crippen molar-refractivity contribution in [1.29, 1.82) is 0 Å². The van der Waals surface area contributed by atoms with Crippen LogP contribution in [0.3, 0.4) is 0 Å². The van der Waals surface area contributed by atoms with Crippen LogP contribution in [0.1, 0.15) is 10.4 Å². The van der Waals surface area contributed by atoms with Crippen LogP contribution >= 0.6 is 11.3 Å². The van der Waals surface area contributed by atoms with E-state index < -0.39 is 0 Å². The quantitative estimate of drug-likeness (QED) is 0.874. The summed E-state index contributed by atoms with van der Waals surface area (Å²) in [5.74, 6) is 0.705. The van der Waals surface area contributed by atoms with E-state index in [2.05, 4.69) is 15.3 Å². The molecular formula is C13H18N4OS. The summed E-state index contributed by atoms with van der Waals surface area (Å²) in [7, 11) is 5.61. The molecule has 2 aromatic rings. The maximum atomic E-state index is 5.30. The van der Waals surface area contributed by atoms with Gasteiger partial charge in [0.05, 0.1) is 12.0 Å². The zero-order valence-electron chi connectivity index (χ0n) is 11.4. The summed E-state index contributed by atoms with van der Waals surface area (Å²) in [5, 5.41) is 4.35. The Labute approximate surface area is 117 Å². The Morgan fingerprint density at radius 1 is 1.26 bits per heavy atom. The zero-order chi connectivity index (χ0) is 13.7. The molecule has 1 N–H and O–H groups in total. The number of hydrogen-bond donors (Lipinski definition) is 1. The van der Waals surface area contributed by atoms with Crippen molar-refractivity contribution < 1.29 is 4.74 Å². The van der Waals surface area contributed by atoms with Crippen LogP contribution in [0.4, 0.5) is 5.13 Å². The van der Waals surface area contributed by atoms with Gasteiger partial charge in [0.25, 0.3) is 0 Å². The molecule has 6 heteroatoms.